The smallest absolute Gasteiger partial charge is 0.338 e. The van der Waals surface area contributed by atoms with Gasteiger partial charge < -0.3 is 14.0 Å². The van der Waals surface area contributed by atoms with Crippen molar-refractivity contribution in [1.82, 2.24) is 4.57 Å². The molecule has 0 bridgehead atoms. The van der Waals surface area contributed by atoms with Crippen molar-refractivity contribution in [3.05, 3.63) is 64.0 Å². The van der Waals surface area contributed by atoms with Crippen molar-refractivity contribution in [2.45, 2.75) is 40.2 Å². The monoisotopic (exact) mass is 454 g/mol. The molecule has 1 aromatic heterocycles. The fourth-order valence-corrected chi connectivity index (χ4v) is 4.29. The SMILES string of the molecule is CCOC(=O)Cn1c(=NC(=O)Cc2ccc(CC)cc2)sc2cc(C(=O)OCC)ccc21. The van der Waals surface area contributed by atoms with E-state index in [0.29, 0.717) is 15.9 Å². The third-order valence-electron chi connectivity index (χ3n) is 4.79. The van der Waals surface area contributed by atoms with Crippen LogP contribution < -0.4 is 4.80 Å². The Morgan fingerprint density at radius 1 is 0.938 bits per heavy atom. The Bertz CT molecular complexity index is 1190. The van der Waals surface area contributed by atoms with Gasteiger partial charge in [-0.3, -0.25) is 9.59 Å². The molecule has 0 saturated carbocycles. The van der Waals surface area contributed by atoms with Gasteiger partial charge in [0.1, 0.15) is 6.54 Å². The first-order chi connectivity index (χ1) is 15.4. The number of aryl methyl sites for hydroxylation is 1. The van der Waals surface area contributed by atoms with Crippen LogP contribution in [0.5, 0.6) is 0 Å². The van der Waals surface area contributed by atoms with Crippen molar-refractivity contribution in [2.24, 2.45) is 4.99 Å². The zero-order valence-electron chi connectivity index (χ0n) is 18.4. The van der Waals surface area contributed by atoms with Gasteiger partial charge in [-0.05, 0) is 49.6 Å². The van der Waals surface area contributed by atoms with Crippen LogP contribution in [0.3, 0.4) is 0 Å². The Balaban J connectivity index is 1.98. The van der Waals surface area contributed by atoms with E-state index in [-0.39, 0.29) is 32.1 Å². The van der Waals surface area contributed by atoms with E-state index in [2.05, 4.69) is 11.9 Å². The van der Waals surface area contributed by atoms with E-state index >= 15 is 0 Å². The molecule has 0 aliphatic rings. The van der Waals surface area contributed by atoms with Crippen molar-refractivity contribution < 1.29 is 23.9 Å². The van der Waals surface area contributed by atoms with Crippen LogP contribution in [0.4, 0.5) is 0 Å². The fraction of sp³-hybridized carbons (Fsp3) is 0.333. The molecule has 7 nitrogen and oxygen atoms in total. The lowest BCUT2D eigenvalue weighted by molar-refractivity contribution is -0.143. The van der Waals surface area contributed by atoms with E-state index in [1.165, 1.54) is 16.9 Å². The minimum absolute atomic E-state index is 0.0795. The molecule has 1 amide bonds. The molecule has 3 rings (SSSR count). The van der Waals surface area contributed by atoms with Gasteiger partial charge in [0.15, 0.2) is 4.80 Å². The van der Waals surface area contributed by atoms with Crippen molar-refractivity contribution >= 4 is 39.4 Å². The van der Waals surface area contributed by atoms with Gasteiger partial charge in [0.25, 0.3) is 5.91 Å². The van der Waals surface area contributed by atoms with Gasteiger partial charge in [0.2, 0.25) is 0 Å². The molecule has 8 heteroatoms. The van der Waals surface area contributed by atoms with E-state index < -0.39 is 11.9 Å². The van der Waals surface area contributed by atoms with E-state index in [9.17, 15) is 14.4 Å². The zero-order valence-corrected chi connectivity index (χ0v) is 19.2. The van der Waals surface area contributed by atoms with Crippen LogP contribution >= 0.6 is 11.3 Å². The maximum atomic E-state index is 12.7. The van der Waals surface area contributed by atoms with E-state index in [1.807, 2.05) is 24.3 Å². The number of fused-ring (bicyclic) bond motifs is 1. The van der Waals surface area contributed by atoms with Crippen LogP contribution in [0.25, 0.3) is 10.2 Å². The number of carbonyl (C=O) groups excluding carboxylic acids is 3. The highest BCUT2D eigenvalue weighted by atomic mass is 32.1. The standard InChI is InChI=1S/C24H26N2O5S/c1-4-16-7-9-17(10-8-16)13-21(27)25-24-26(15-22(28)30-5-2)19-12-11-18(14-20(19)32-24)23(29)31-6-3/h7-12,14H,4-6,13,15H2,1-3H3. The number of rotatable bonds is 8. The first-order valence-electron chi connectivity index (χ1n) is 10.6. The zero-order chi connectivity index (χ0) is 23.1. The van der Waals surface area contributed by atoms with Crippen LogP contribution in [0.2, 0.25) is 0 Å². The number of hydrogen-bond donors (Lipinski definition) is 0. The topological polar surface area (TPSA) is 87.0 Å². The van der Waals surface area contributed by atoms with E-state index in [0.717, 1.165) is 16.7 Å². The average Bonchev–Trinajstić information content (AvgIpc) is 3.10. The summed E-state index contributed by atoms with van der Waals surface area (Å²) in [7, 11) is 0. The second-order valence-corrected chi connectivity index (χ2v) is 8.04. The molecule has 0 aliphatic heterocycles. The van der Waals surface area contributed by atoms with Gasteiger partial charge in [-0.1, -0.05) is 42.5 Å². The predicted molar refractivity (Wildman–Crippen MR) is 122 cm³/mol. The summed E-state index contributed by atoms with van der Waals surface area (Å²) < 4.78 is 12.5. The quantitative estimate of drug-likeness (QED) is 0.485. The molecule has 168 valence electrons. The molecule has 0 aliphatic carbocycles. The van der Waals surface area contributed by atoms with Gasteiger partial charge >= 0.3 is 11.9 Å². The highest BCUT2D eigenvalue weighted by Crippen LogP contribution is 2.20. The molecular weight excluding hydrogens is 428 g/mol. The summed E-state index contributed by atoms with van der Waals surface area (Å²) in [5, 5.41) is 0. The minimum atomic E-state index is -0.426. The van der Waals surface area contributed by atoms with Crippen LogP contribution in [0.1, 0.15) is 42.3 Å². The molecular formula is C24H26N2O5S. The summed E-state index contributed by atoms with van der Waals surface area (Å²) in [6, 6.07) is 12.9. The summed E-state index contributed by atoms with van der Waals surface area (Å²) in [6.07, 6.45) is 1.09. The number of esters is 2. The number of hydrogen-bond acceptors (Lipinski definition) is 6. The largest absolute Gasteiger partial charge is 0.465 e. The lowest BCUT2D eigenvalue weighted by Crippen LogP contribution is -2.23. The Kier molecular flexibility index (Phi) is 7.94. The maximum Gasteiger partial charge on any atom is 0.338 e. The average molecular weight is 455 g/mol. The summed E-state index contributed by atoms with van der Waals surface area (Å²) in [5.74, 6) is -1.17. The van der Waals surface area contributed by atoms with Crippen LogP contribution in [0, 0.1) is 0 Å². The van der Waals surface area contributed by atoms with E-state index in [4.69, 9.17) is 9.47 Å². The molecule has 0 saturated heterocycles. The molecule has 3 aromatic rings. The van der Waals surface area contributed by atoms with E-state index in [1.54, 1.807) is 36.6 Å². The Labute approximate surface area is 190 Å². The summed E-state index contributed by atoms with van der Waals surface area (Å²) in [4.78, 5) is 41.6. The van der Waals surface area contributed by atoms with Gasteiger partial charge in [0.05, 0.1) is 35.4 Å². The Morgan fingerprint density at radius 2 is 1.62 bits per heavy atom. The Hall–Kier alpha value is -3.26. The summed E-state index contributed by atoms with van der Waals surface area (Å²) >= 11 is 1.24. The number of benzene rings is 2. The summed E-state index contributed by atoms with van der Waals surface area (Å²) in [6.45, 7) is 6.01. The first kappa shape index (κ1) is 23.4. The normalized spacial score (nSPS) is 11.5. The number of amides is 1. The molecule has 0 atom stereocenters. The lowest BCUT2D eigenvalue weighted by atomic mass is 10.1. The van der Waals surface area contributed by atoms with Crippen molar-refractivity contribution in [2.75, 3.05) is 13.2 Å². The molecule has 2 aromatic carbocycles. The minimum Gasteiger partial charge on any atom is -0.465 e. The van der Waals surface area contributed by atoms with Crippen LogP contribution in [-0.2, 0) is 38.4 Å². The van der Waals surface area contributed by atoms with Gasteiger partial charge in [-0.2, -0.15) is 4.99 Å². The molecule has 0 unspecified atom stereocenters. The number of nitrogens with zero attached hydrogens (tertiary/aromatic N) is 2. The number of ether oxygens (including phenoxy) is 2. The maximum absolute atomic E-state index is 12.7. The van der Waals surface area contributed by atoms with Crippen LogP contribution in [-0.4, -0.2) is 35.6 Å². The second-order valence-electron chi connectivity index (χ2n) is 7.03. The van der Waals surface area contributed by atoms with Gasteiger partial charge in [0, 0.05) is 0 Å². The molecule has 0 spiro atoms. The third-order valence-corrected chi connectivity index (χ3v) is 5.83. The molecule has 0 radical (unpaired) electrons. The molecule has 1 heterocycles. The number of aromatic nitrogens is 1. The lowest BCUT2D eigenvalue weighted by Gasteiger charge is -2.06. The van der Waals surface area contributed by atoms with Crippen molar-refractivity contribution in [3.8, 4) is 0 Å². The van der Waals surface area contributed by atoms with Crippen molar-refractivity contribution in [3.63, 3.8) is 0 Å². The first-order valence-corrected chi connectivity index (χ1v) is 11.4. The second kappa shape index (κ2) is 10.9. The third kappa shape index (κ3) is 5.70. The molecule has 32 heavy (non-hydrogen) atoms. The number of carbonyl (C=O) groups is 3. The fourth-order valence-electron chi connectivity index (χ4n) is 3.20. The molecule has 0 N–H and O–H groups in total. The van der Waals surface area contributed by atoms with Crippen molar-refractivity contribution in [1.29, 1.82) is 0 Å². The predicted octanol–water partition coefficient (Wildman–Crippen LogP) is 3.68. The van der Waals surface area contributed by atoms with Gasteiger partial charge in [-0.15, -0.1) is 0 Å². The highest BCUT2D eigenvalue weighted by molar-refractivity contribution is 7.16. The summed E-state index contributed by atoms with van der Waals surface area (Å²) in [5.41, 5.74) is 3.17. The number of thiazole rings is 1. The van der Waals surface area contributed by atoms with Crippen LogP contribution in [0.15, 0.2) is 47.5 Å². The molecule has 0 fully saturated rings. The highest BCUT2D eigenvalue weighted by Gasteiger charge is 2.15. The van der Waals surface area contributed by atoms with Gasteiger partial charge in [-0.25, -0.2) is 4.79 Å². The Morgan fingerprint density at radius 3 is 2.28 bits per heavy atom.